The Kier molecular flexibility index (Phi) is 2.54. The largest absolute Gasteiger partial charge is 0.327 e. The molecule has 0 aliphatic heterocycles. The Morgan fingerprint density at radius 1 is 1.25 bits per heavy atom. The van der Waals surface area contributed by atoms with Crippen molar-refractivity contribution in [1.29, 1.82) is 0 Å². The minimum atomic E-state index is 0.0449. The van der Waals surface area contributed by atoms with Crippen LogP contribution in [0.5, 0.6) is 0 Å². The Morgan fingerprint density at radius 2 is 2.00 bits per heavy atom. The number of fused-ring (bicyclic) bond motifs is 1. The average Bonchev–Trinajstić information content (AvgIpc) is 2.62. The van der Waals surface area contributed by atoms with E-state index in [1.54, 1.807) is 6.33 Å². The first-order valence-electron chi connectivity index (χ1n) is 5.49. The lowest BCUT2D eigenvalue weighted by molar-refractivity contribution is 0.408. The lowest BCUT2D eigenvalue weighted by Crippen LogP contribution is -2.20. The Labute approximate surface area is 95.8 Å². The quantitative estimate of drug-likeness (QED) is 0.731. The normalized spacial score (nSPS) is 12.8. The molecular formula is C13H17N3. The molecule has 0 N–H and O–H groups in total. The van der Waals surface area contributed by atoms with Gasteiger partial charge >= 0.3 is 0 Å². The fourth-order valence-electron chi connectivity index (χ4n) is 1.80. The zero-order valence-electron chi connectivity index (χ0n) is 10.2. The molecule has 0 unspecified atom stereocenters. The highest BCUT2D eigenvalue weighted by molar-refractivity contribution is 5.84. The molecule has 3 nitrogen and oxygen atoms in total. The summed E-state index contributed by atoms with van der Waals surface area (Å²) in [5.41, 5.74) is 2.02. The second-order valence-electron chi connectivity index (χ2n) is 4.85. The van der Waals surface area contributed by atoms with Gasteiger partial charge in [0.25, 0.3) is 0 Å². The van der Waals surface area contributed by atoms with Crippen LogP contribution in [0.1, 0.15) is 33.4 Å². The molecule has 0 atom stereocenters. The summed E-state index contributed by atoms with van der Waals surface area (Å²) in [6, 6.07) is 2.08. The van der Waals surface area contributed by atoms with Crippen molar-refractivity contribution in [2.45, 2.75) is 33.2 Å². The monoisotopic (exact) mass is 215 g/mol. The van der Waals surface area contributed by atoms with E-state index in [2.05, 4.69) is 47.6 Å². The molecule has 2 rings (SSSR count). The molecule has 84 valence electrons. The topological polar surface area (TPSA) is 30.7 Å². The second-order valence-corrected chi connectivity index (χ2v) is 4.85. The van der Waals surface area contributed by atoms with Crippen molar-refractivity contribution in [1.82, 2.24) is 14.5 Å². The fourth-order valence-corrected chi connectivity index (χ4v) is 1.80. The second kappa shape index (κ2) is 3.74. The van der Waals surface area contributed by atoms with E-state index >= 15 is 0 Å². The Morgan fingerprint density at radius 3 is 2.62 bits per heavy atom. The van der Waals surface area contributed by atoms with E-state index < -0.39 is 0 Å². The minimum absolute atomic E-state index is 0.0449. The first-order valence-corrected chi connectivity index (χ1v) is 5.49. The number of rotatable bonds is 1. The van der Waals surface area contributed by atoms with Crippen LogP contribution in [0, 0.1) is 0 Å². The zero-order valence-corrected chi connectivity index (χ0v) is 10.2. The van der Waals surface area contributed by atoms with Crippen molar-refractivity contribution < 1.29 is 0 Å². The number of hydrogen-bond donors (Lipinski definition) is 0. The van der Waals surface area contributed by atoms with Gasteiger partial charge in [-0.1, -0.05) is 6.08 Å². The highest BCUT2D eigenvalue weighted by Gasteiger charge is 2.16. The van der Waals surface area contributed by atoms with Crippen LogP contribution in [-0.4, -0.2) is 14.5 Å². The predicted octanol–water partition coefficient (Wildman–Crippen LogP) is 3.22. The van der Waals surface area contributed by atoms with Crippen LogP contribution in [0.15, 0.2) is 24.7 Å². The molecule has 0 fully saturated rings. The molecule has 0 spiro atoms. The summed E-state index contributed by atoms with van der Waals surface area (Å²) < 4.78 is 2.18. The predicted molar refractivity (Wildman–Crippen MR) is 67.2 cm³/mol. The van der Waals surface area contributed by atoms with E-state index in [1.165, 1.54) is 0 Å². The molecule has 2 aromatic heterocycles. The molecule has 0 saturated carbocycles. The van der Waals surface area contributed by atoms with Gasteiger partial charge in [0.05, 0.1) is 5.69 Å². The van der Waals surface area contributed by atoms with Gasteiger partial charge in [0.1, 0.15) is 12.0 Å². The molecule has 3 heteroatoms. The number of hydrogen-bond acceptors (Lipinski definition) is 2. The molecule has 0 aromatic carbocycles. The van der Waals surface area contributed by atoms with Crippen molar-refractivity contribution >= 4 is 17.1 Å². The number of nitrogens with zero attached hydrogens (tertiary/aromatic N) is 3. The van der Waals surface area contributed by atoms with Gasteiger partial charge in [-0.25, -0.2) is 9.97 Å². The summed E-state index contributed by atoms with van der Waals surface area (Å²) in [5.74, 6) is 0. The van der Waals surface area contributed by atoms with Crippen molar-refractivity contribution in [2.24, 2.45) is 0 Å². The number of allylic oxidation sites excluding steroid dienone is 1. The highest BCUT2D eigenvalue weighted by Crippen LogP contribution is 2.23. The summed E-state index contributed by atoms with van der Waals surface area (Å²) in [6.07, 6.45) is 7.71. The lowest BCUT2D eigenvalue weighted by Gasteiger charge is -2.21. The molecule has 16 heavy (non-hydrogen) atoms. The third-order valence-corrected chi connectivity index (χ3v) is 2.56. The van der Waals surface area contributed by atoms with Crippen LogP contribution >= 0.6 is 0 Å². The van der Waals surface area contributed by atoms with Gasteiger partial charge in [-0.3, -0.25) is 0 Å². The van der Waals surface area contributed by atoms with E-state index in [9.17, 15) is 0 Å². The molecule has 0 aliphatic rings. The summed E-state index contributed by atoms with van der Waals surface area (Å²) in [7, 11) is 0. The molecule has 2 aromatic rings. The minimum Gasteiger partial charge on any atom is -0.327 e. The zero-order chi connectivity index (χ0) is 11.8. The maximum atomic E-state index is 4.37. The molecular weight excluding hydrogens is 198 g/mol. The van der Waals surface area contributed by atoms with Crippen LogP contribution in [0.4, 0.5) is 0 Å². The van der Waals surface area contributed by atoms with Gasteiger partial charge in [-0.15, -0.1) is 0 Å². The summed E-state index contributed by atoms with van der Waals surface area (Å²) in [5, 5.41) is 1.11. The molecule has 0 bridgehead atoms. The van der Waals surface area contributed by atoms with Crippen LogP contribution < -0.4 is 0 Å². The van der Waals surface area contributed by atoms with Gasteiger partial charge in [-0.2, -0.15) is 0 Å². The summed E-state index contributed by atoms with van der Waals surface area (Å²) in [6.45, 7) is 8.51. The smallest absolute Gasteiger partial charge is 0.144 e. The summed E-state index contributed by atoms with van der Waals surface area (Å²) >= 11 is 0. The van der Waals surface area contributed by atoms with Gasteiger partial charge in [0.15, 0.2) is 0 Å². The Bertz CT molecular complexity index is 530. The van der Waals surface area contributed by atoms with Crippen LogP contribution in [0.2, 0.25) is 0 Å². The van der Waals surface area contributed by atoms with E-state index in [0.717, 1.165) is 16.7 Å². The van der Waals surface area contributed by atoms with Crippen molar-refractivity contribution in [3.63, 3.8) is 0 Å². The van der Waals surface area contributed by atoms with Gasteiger partial charge in [0.2, 0.25) is 0 Å². The third-order valence-electron chi connectivity index (χ3n) is 2.56. The fraction of sp³-hybridized carbons (Fsp3) is 0.385. The Balaban J connectivity index is 2.71. The van der Waals surface area contributed by atoms with Crippen molar-refractivity contribution in [3.8, 4) is 0 Å². The highest BCUT2D eigenvalue weighted by atomic mass is 15.1. The van der Waals surface area contributed by atoms with E-state index in [-0.39, 0.29) is 5.54 Å². The molecule has 0 aliphatic carbocycles. The molecule has 0 amide bonds. The van der Waals surface area contributed by atoms with E-state index in [0.29, 0.717) is 0 Å². The molecule has 2 heterocycles. The standard InChI is InChI=1S/C13H17N3/c1-5-6-11-10-7-8-16(13(2,3)4)12(10)15-9-14-11/h5-9H,1-4H3/b6-5-. The molecule has 0 saturated heterocycles. The van der Waals surface area contributed by atoms with Crippen molar-refractivity contribution in [3.05, 3.63) is 30.4 Å². The lowest BCUT2D eigenvalue weighted by atomic mass is 10.1. The average molecular weight is 215 g/mol. The van der Waals surface area contributed by atoms with Gasteiger partial charge < -0.3 is 4.57 Å². The Hall–Kier alpha value is -1.64. The first-order chi connectivity index (χ1) is 7.54. The third kappa shape index (κ3) is 1.73. The maximum Gasteiger partial charge on any atom is 0.144 e. The first kappa shape index (κ1) is 10.9. The molecule has 0 radical (unpaired) electrons. The van der Waals surface area contributed by atoms with E-state index in [4.69, 9.17) is 0 Å². The van der Waals surface area contributed by atoms with Crippen LogP contribution in [-0.2, 0) is 5.54 Å². The summed E-state index contributed by atoms with van der Waals surface area (Å²) in [4.78, 5) is 8.65. The van der Waals surface area contributed by atoms with E-state index in [1.807, 2.05) is 19.1 Å². The number of aromatic nitrogens is 3. The van der Waals surface area contributed by atoms with Gasteiger partial charge in [-0.05, 0) is 39.8 Å². The van der Waals surface area contributed by atoms with Crippen LogP contribution in [0.3, 0.4) is 0 Å². The SMILES string of the molecule is C/C=C\c1ncnc2c1ccn2C(C)(C)C. The van der Waals surface area contributed by atoms with Gasteiger partial charge in [0, 0.05) is 17.1 Å². The maximum absolute atomic E-state index is 4.37. The van der Waals surface area contributed by atoms with Crippen LogP contribution in [0.25, 0.3) is 17.1 Å². The van der Waals surface area contributed by atoms with Crippen molar-refractivity contribution in [2.75, 3.05) is 0 Å².